The van der Waals surface area contributed by atoms with Crippen molar-refractivity contribution in [2.24, 2.45) is 0 Å². The van der Waals surface area contributed by atoms with Crippen LogP contribution in [0.25, 0.3) is 0 Å². The van der Waals surface area contributed by atoms with Gasteiger partial charge in [0.05, 0.1) is 5.69 Å². The molecule has 0 aliphatic rings. The van der Waals surface area contributed by atoms with E-state index in [2.05, 4.69) is 4.98 Å². The van der Waals surface area contributed by atoms with Gasteiger partial charge >= 0.3 is 0 Å². The van der Waals surface area contributed by atoms with Gasteiger partial charge in [-0.05, 0) is 26.0 Å². The molecule has 17 heavy (non-hydrogen) atoms. The van der Waals surface area contributed by atoms with E-state index in [0.717, 1.165) is 22.9 Å². The van der Waals surface area contributed by atoms with E-state index in [4.69, 9.17) is 15.2 Å². The summed E-state index contributed by atoms with van der Waals surface area (Å²) in [6.07, 6.45) is 2.46. The van der Waals surface area contributed by atoms with Crippen LogP contribution in [-0.4, -0.2) is 30.2 Å². The third-order valence-corrected chi connectivity index (χ3v) is 3.15. The molecule has 0 saturated carbocycles. The maximum absolute atomic E-state index is 5.81. The first-order valence-corrected chi connectivity index (χ1v) is 6.83. The van der Waals surface area contributed by atoms with Crippen LogP contribution in [0.1, 0.15) is 20.3 Å². The summed E-state index contributed by atoms with van der Waals surface area (Å²) in [5.74, 6) is 0.881. The summed E-state index contributed by atoms with van der Waals surface area (Å²) in [5, 5.41) is 0.874. The highest BCUT2D eigenvalue weighted by molar-refractivity contribution is 7.99. The Bertz CT molecular complexity index is 317. The van der Waals surface area contributed by atoms with Gasteiger partial charge in [0.15, 0.2) is 6.29 Å². The number of nitrogens with zero attached hydrogens (tertiary/aromatic N) is 1. The number of aromatic nitrogens is 1. The third kappa shape index (κ3) is 5.39. The molecule has 0 aliphatic heterocycles. The van der Waals surface area contributed by atoms with E-state index in [0.29, 0.717) is 13.2 Å². The lowest BCUT2D eigenvalue weighted by Gasteiger charge is -2.16. The zero-order valence-corrected chi connectivity index (χ0v) is 11.2. The molecule has 0 fully saturated rings. The van der Waals surface area contributed by atoms with Crippen molar-refractivity contribution >= 4 is 17.4 Å². The molecule has 0 saturated heterocycles. The Morgan fingerprint density at radius 1 is 1.35 bits per heavy atom. The number of anilines is 1. The van der Waals surface area contributed by atoms with E-state index in [1.165, 1.54) is 0 Å². The van der Waals surface area contributed by atoms with Gasteiger partial charge in [-0.1, -0.05) is 0 Å². The predicted molar refractivity (Wildman–Crippen MR) is 71.0 cm³/mol. The number of rotatable bonds is 8. The average molecular weight is 256 g/mol. The summed E-state index contributed by atoms with van der Waals surface area (Å²) in [7, 11) is 0. The minimum absolute atomic E-state index is 0.123. The van der Waals surface area contributed by atoms with Crippen molar-refractivity contribution in [3.05, 3.63) is 18.3 Å². The Kier molecular flexibility index (Phi) is 7.00. The minimum Gasteiger partial charge on any atom is -0.397 e. The first-order valence-electron chi connectivity index (χ1n) is 5.84. The van der Waals surface area contributed by atoms with E-state index in [9.17, 15) is 0 Å². The van der Waals surface area contributed by atoms with Crippen LogP contribution in [0.2, 0.25) is 0 Å². The van der Waals surface area contributed by atoms with Crippen molar-refractivity contribution in [1.82, 2.24) is 4.98 Å². The summed E-state index contributed by atoms with van der Waals surface area (Å²) in [6, 6.07) is 3.69. The highest BCUT2D eigenvalue weighted by Crippen LogP contribution is 2.23. The Hall–Kier alpha value is -0.780. The number of hydrogen-bond donors (Lipinski definition) is 1. The monoisotopic (exact) mass is 256 g/mol. The van der Waals surface area contributed by atoms with Crippen LogP contribution in [0.4, 0.5) is 5.69 Å². The van der Waals surface area contributed by atoms with Gasteiger partial charge in [0.1, 0.15) is 5.03 Å². The van der Waals surface area contributed by atoms with Crippen LogP contribution in [0.3, 0.4) is 0 Å². The van der Waals surface area contributed by atoms with E-state index in [1.54, 1.807) is 18.0 Å². The van der Waals surface area contributed by atoms with Gasteiger partial charge in [-0.15, -0.1) is 11.8 Å². The maximum atomic E-state index is 5.81. The SMILES string of the molecule is CCOC(CCSc1ncccc1N)OCC. The van der Waals surface area contributed by atoms with Gasteiger partial charge in [-0.3, -0.25) is 0 Å². The van der Waals surface area contributed by atoms with E-state index >= 15 is 0 Å². The summed E-state index contributed by atoms with van der Waals surface area (Å²) in [4.78, 5) is 4.22. The molecule has 0 radical (unpaired) electrons. The average Bonchev–Trinajstić information content (AvgIpc) is 2.32. The molecule has 0 spiro atoms. The van der Waals surface area contributed by atoms with Gasteiger partial charge in [0.2, 0.25) is 0 Å². The fourth-order valence-electron chi connectivity index (χ4n) is 1.36. The first-order chi connectivity index (χ1) is 8.27. The van der Waals surface area contributed by atoms with E-state index < -0.39 is 0 Å². The smallest absolute Gasteiger partial charge is 0.158 e. The standard InChI is InChI=1S/C12H20N2O2S/c1-3-15-11(16-4-2)7-9-17-12-10(13)6-5-8-14-12/h5-6,8,11H,3-4,7,9,13H2,1-2H3. The zero-order valence-electron chi connectivity index (χ0n) is 10.4. The first kappa shape index (κ1) is 14.3. The van der Waals surface area contributed by atoms with Gasteiger partial charge in [-0.25, -0.2) is 4.98 Å². The van der Waals surface area contributed by atoms with Crippen molar-refractivity contribution < 1.29 is 9.47 Å². The molecule has 1 aromatic rings. The number of nitrogen functional groups attached to an aromatic ring is 1. The third-order valence-electron chi connectivity index (χ3n) is 2.10. The molecule has 2 N–H and O–H groups in total. The van der Waals surface area contributed by atoms with Crippen LogP contribution in [0.15, 0.2) is 23.4 Å². The number of thioether (sulfide) groups is 1. The minimum atomic E-state index is -0.123. The van der Waals surface area contributed by atoms with Gasteiger partial charge in [0, 0.05) is 31.6 Å². The summed E-state index contributed by atoms with van der Waals surface area (Å²) in [5.41, 5.74) is 6.53. The molecule has 0 aromatic carbocycles. The Balaban J connectivity index is 2.33. The van der Waals surface area contributed by atoms with Gasteiger partial charge in [-0.2, -0.15) is 0 Å². The molecule has 1 rings (SSSR count). The molecule has 0 atom stereocenters. The lowest BCUT2D eigenvalue weighted by Crippen LogP contribution is -2.18. The summed E-state index contributed by atoms with van der Waals surface area (Å²) in [6.45, 7) is 5.27. The largest absolute Gasteiger partial charge is 0.397 e. The molecule has 0 aliphatic carbocycles. The van der Waals surface area contributed by atoms with E-state index in [1.807, 2.05) is 26.0 Å². The molecule has 5 heteroatoms. The highest BCUT2D eigenvalue weighted by Gasteiger charge is 2.08. The Morgan fingerprint density at radius 3 is 2.65 bits per heavy atom. The second-order valence-corrected chi connectivity index (χ2v) is 4.46. The fraction of sp³-hybridized carbons (Fsp3) is 0.583. The van der Waals surface area contributed by atoms with Crippen molar-refractivity contribution in [2.75, 3.05) is 24.7 Å². The molecular weight excluding hydrogens is 236 g/mol. The zero-order chi connectivity index (χ0) is 12.5. The quantitative estimate of drug-likeness (QED) is 0.572. The van der Waals surface area contributed by atoms with E-state index in [-0.39, 0.29) is 6.29 Å². The number of hydrogen-bond acceptors (Lipinski definition) is 5. The van der Waals surface area contributed by atoms with Crippen LogP contribution in [-0.2, 0) is 9.47 Å². The molecular formula is C12H20N2O2S. The van der Waals surface area contributed by atoms with Crippen LogP contribution in [0.5, 0.6) is 0 Å². The lowest BCUT2D eigenvalue weighted by molar-refractivity contribution is -0.136. The van der Waals surface area contributed by atoms with Crippen LogP contribution >= 0.6 is 11.8 Å². The molecule has 1 heterocycles. The lowest BCUT2D eigenvalue weighted by atomic mass is 10.4. The number of nitrogens with two attached hydrogens (primary N) is 1. The normalized spacial score (nSPS) is 11.0. The molecule has 0 bridgehead atoms. The van der Waals surface area contributed by atoms with Crippen LogP contribution < -0.4 is 5.73 Å². The number of pyridine rings is 1. The van der Waals surface area contributed by atoms with Gasteiger partial charge in [0.25, 0.3) is 0 Å². The molecule has 1 aromatic heterocycles. The second kappa shape index (κ2) is 8.33. The van der Waals surface area contributed by atoms with Crippen molar-refractivity contribution in [3.8, 4) is 0 Å². The van der Waals surface area contributed by atoms with Crippen molar-refractivity contribution in [2.45, 2.75) is 31.6 Å². The van der Waals surface area contributed by atoms with Crippen molar-refractivity contribution in [3.63, 3.8) is 0 Å². The van der Waals surface area contributed by atoms with Gasteiger partial charge < -0.3 is 15.2 Å². The topological polar surface area (TPSA) is 57.4 Å². The Labute approximate surface area is 107 Å². The summed E-state index contributed by atoms with van der Waals surface area (Å²) < 4.78 is 10.9. The molecule has 0 unspecified atom stereocenters. The number of ether oxygens (including phenoxy) is 2. The highest BCUT2D eigenvalue weighted by atomic mass is 32.2. The van der Waals surface area contributed by atoms with Crippen molar-refractivity contribution in [1.29, 1.82) is 0 Å². The fourth-order valence-corrected chi connectivity index (χ4v) is 2.24. The maximum Gasteiger partial charge on any atom is 0.158 e. The second-order valence-electron chi connectivity index (χ2n) is 3.38. The Morgan fingerprint density at radius 2 is 2.06 bits per heavy atom. The summed E-state index contributed by atoms with van der Waals surface area (Å²) >= 11 is 1.63. The van der Waals surface area contributed by atoms with Crippen LogP contribution in [0, 0.1) is 0 Å². The molecule has 4 nitrogen and oxygen atoms in total. The molecule has 0 amide bonds. The predicted octanol–water partition coefficient (Wildman–Crippen LogP) is 2.55. The molecule has 96 valence electrons.